The first kappa shape index (κ1) is 31.6. The van der Waals surface area contributed by atoms with Gasteiger partial charge >= 0.3 is 11.9 Å². The second-order valence-electron chi connectivity index (χ2n) is 11.9. The first-order valence-electron chi connectivity index (χ1n) is 15.6. The summed E-state index contributed by atoms with van der Waals surface area (Å²) in [4.78, 5) is 36.5. The molecule has 0 radical (unpaired) electrons. The molecular formula is C31H55NO5. The van der Waals surface area contributed by atoms with E-state index in [1.54, 1.807) is 0 Å². The van der Waals surface area contributed by atoms with E-state index in [2.05, 4.69) is 6.92 Å². The van der Waals surface area contributed by atoms with Crippen LogP contribution in [0.25, 0.3) is 0 Å². The number of esters is 1. The van der Waals surface area contributed by atoms with Gasteiger partial charge in [0.2, 0.25) is 5.91 Å². The lowest BCUT2D eigenvalue weighted by Gasteiger charge is -2.40. The summed E-state index contributed by atoms with van der Waals surface area (Å²) in [7, 11) is 0. The van der Waals surface area contributed by atoms with Gasteiger partial charge in [-0.1, -0.05) is 117 Å². The number of nitrogens with two attached hydrogens (primary N) is 1. The summed E-state index contributed by atoms with van der Waals surface area (Å²) in [6, 6.07) is 0. The molecule has 1 amide bonds. The van der Waals surface area contributed by atoms with Crippen LogP contribution in [0.15, 0.2) is 0 Å². The van der Waals surface area contributed by atoms with Crippen LogP contribution in [-0.2, 0) is 19.1 Å². The fourth-order valence-electron chi connectivity index (χ4n) is 6.95. The average molecular weight is 522 g/mol. The molecule has 1 saturated carbocycles. The van der Waals surface area contributed by atoms with E-state index >= 15 is 0 Å². The van der Waals surface area contributed by atoms with Gasteiger partial charge < -0.3 is 15.6 Å². The van der Waals surface area contributed by atoms with Gasteiger partial charge in [-0.25, -0.2) is 0 Å². The number of carbonyl (C=O) groups excluding carboxylic acids is 2. The van der Waals surface area contributed by atoms with E-state index in [-0.39, 0.29) is 29.8 Å². The Morgan fingerprint density at radius 1 is 0.919 bits per heavy atom. The zero-order valence-corrected chi connectivity index (χ0v) is 23.8. The van der Waals surface area contributed by atoms with E-state index < -0.39 is 17.3 Å². The van der Waals surface area contributed by atoms with Crippen LogP contribution in [0.2, 0.25) is 0 Å². The van der Waals surface area contributed by atoms with Crippen LogP contribution >= 0.6 is 0 Å². The molecule has 1 aliphatic heterocycles. The molecule has 2 aliphatic rings. The Balaban J connectivity index is 1.70. The predicted molar refractivity (Wildman–Crippen MR) is 148 cm³/mol. The fourth-order valence-corrected chi connectivity index (χ4v) is 6.95. The maximum atomic E-state index is 12.4. The summed E-state index contributed by atoms with van der Waals surface area (Å²) >= 11 is 0. The van der Waals surface area contributed by atoms with Crippen LogP contribution in [0.3, 0.4) is 0 Å². The molecule has 214 valence electrons. The number of aliphatic carboxylic acids is 1. The summed E-state index contributed by atoms with van der Waals surface area (Å²) in [5.41, 5.74) is 4.22. The summed E-state index contributed by atoms with van der Waals surface area (Å²) < 4.78 is 5.45. The van der Waals surface area contributed by atoms with Gasteiger partial charge in [0, 0.05) is 0 Å². The first-order chi connectivity index (χ1) is 17.9. The smallest absolute Gasteiger partial charge is 0.319 e. The number of ether oxygens (including phenoxy) is 1. The molecule has 2 fully saturated rings. The Morgan fingerprint density at radius 2 is 1.43 bits per heavy atom. The normalized spacial score (nSPS) is 26.0. The molecule has 0 aromatic heterocycles. The second kappa shape index (κ2) is 17.1. The lowest BCUT2D eigenvalue weighted by Crippen LogP contribution is -2.51. The standard InChI is InChI=1S/C31H55NO5/c1-3-5-6-7-8-9-10-11-12-13-14-15-16-17-18-20-24(23-27-25(4-2)28(33)37-27)26-21-19-22-31(26,29(32)34)30(35)36/h24-27H,3-23H2,1-2H3,(H2,32,34)(H,35,36)/t24?,25-,26?,27-,31-/m0/s1. The third-order valence-electron chi connectivity index (χ3n) is 9.28. The summed E-state index contributed by atoms with van der Waals surface area (Å²) in [5.74, 6) is -2.27. The Bertz CT molecular complexity index is 679. The summed E-state index contributed by atoms with van der Waals surface area (Å²) in [5, 5.41) is 10.0. The van der Waals surface area contributed by atoms with Crippen molar-refractivity contribution in [1.29, 1.82) is 0 Å². The summed E-state index contributed by atoms with van der Waals surface area (Å²) in [6.45, 7) is 4.25. The number of carboxylic acid groups (broad SMARTS) is 1. The molecule has 1 heterocycles. The monoisotopic (exact) mass is 521 g/mol. The molecule has 3 N–H and O–H groups in total. The van der Waals surface area contributed by atoms with Crippen molar-refractivity contribution in [2.45, 2.75) is 155 Å². The molecule has 1 saturated heterocycles. The first-order valence-corrected chi connectivity index (χ1v) is 15.6. The summed E-state index contributed by atoms with van der Waals surface area (Å²) in [6.07, 6.45) is 23.4. The predicted octanol–water partition coefficient (Wildman–Crippen LogP) is 7.56. The highest BCUT2D eigenvalue weighted by atomic mass is 16.6. The topological polar surface area (TPSA) is 107 Å². The highest BCUT2D eigenvalue weighted by Gasteiger charge is 2.57. The number of carbonyl (C=O) groups is 3. The number of unbranched alkanes of at least 4 members (excludes halogenated alkanes) is 14. The van der Waals surface area contributed by atoms with Crippen molar-refractivity contribution in [3.05, 3.63) is 0 Å². The largest absolute Gasteiger partial charge is 0.480 e. The minimum absolute atomic E-state index is 0.0419. The molecule has 6 nitrogen and oxygen atoms in total. The molecule has 37 heavy (non-hydrogen) atoms. The Labute approximate surface area is 225 Å². The van der Waals surface area contributed by atoms with Gasteiger partial charge in [-0.15, -0.1) is 0 Å². The quantitative estimate of drug-likeness (QED) is 0.0868. The Kier molecular flexibility index (Phi) is 14.6. The molecule has 2 unspecified atom stereocenters. The minimum atomic E-state index is -1.48. The molecular weight excluding hydrogens is 466 g/mol. The minimum Gasteiger partial charge on any atom is -0.480 e. The van der Waals surface area contributed by atoms with Gasteiger partial charge in [-0.2, -0.15) is 0 Å². The van der Waals surface area contributed by atoms with Crippen molar-refractivity contribution >= 4 is 17.8 Å². The van der Waals surface area contributed by atoms with Gasteiger partial charge in [-0.3, -0.25) is 14.4 Å². The zero-order valence-electron chi connectivity index (χ0n) is 23.8. The van der Waals surface area contributed by atoms with Crippen LogP contribution in [0.5, 0.6) is 0 Å². The second-order valence-corrected chi connectivity index (χ2v) is 11.9. The van der Waals surface area contributed by atoms with Gasteiger partial charge in [0.25, 0.3) is 0 Å². The number of hydrogen-bond donors (Lipinski definition) is 2. The van der Waals surface area contributed by atoms with Crippen molar-refractivity contribution in [1.82, 2.24) is 0 Å². The number of carboxylic acids is 1. The molecule has 0 spiro atoms. The number of amides is 1. The molecule has 1 aliphatic carbocycles. The van der Waals surface area contributed by atoms with E-state index in [4.69, 9.17) is 10.5 Å². The van der Waals surface area contributed by atoms with E-state index in [1.807, 2.05) is 6.92 Å². The van der Waals surface area contributed by atoms with Crippen LogP contribution in [0.4, 0.5) is 0 Å². The van der Waals surface area contributed by atoms with Crippen molar-refractivity contribution in [3.8, 4) is 0 Å². The zero-order chi connectivity index (χ0) is 27.1. The van der Waals surface area contributed by atoms with Crippen molar-refractivity contribution < 1.29 is 24.2 Å². The van der Waals surface area contributed by atoms with Crippen molar-refractivity contribution in [2.24, 2.45) is 28.9 Å². The number of rotatable bonds is 22. The molecule has 0 aromatic carbocycles. The van der Waals surface area contributed by atoms with Gasteiger partial charge in [0.1, 0.15) is 11.5 Å². The molecule has 6 heteroatoms. The Hall–Kier alpha value is -1.59. The third kappa shape index (κ3) is 9.28. The number of cyclic esters (lactones) is 1. The van der Waals surface area contributed by atoms with Gasteiger partial charge in [0.05, 0.1) is 5.92 Å². The maximum absolute atomic E-state index is 12.4. The van der Waals surface area contributed by atoms with E-state index in [0.29, 0.717) is 25.7 Å². The maximum Gasteiger partial charge on any atom is 0.319 e. The SMILES string of the molecule is CCCCCCCCCCCCCCCCCC(C[C@@H]1OC(=O)[C@H]1CC)C1CCC[C@]1(C(N)=O)C(=O)O. The number of primary amides is 1. The van der Waals surface area contributed by atoms with Crippen molar-refractivity contribution in [2.75, 3.05) is 0 Å². The lowest BCUT2D eigenvalue weighted by molar-refractivity contribution is -0.188. The lowest BCUT2D eigenvalue weighted by atomic mass is 9.67. The molecule has 5 atom stereocenters. The fraction of sp³-hybridized carbons (Fsp3) is 0.903. The molecule has 0 aromatic rings. The highest BCUT2D eigenvalue weighted by Crippen LogP contribution is 2.51. The van der Waals surface area contributed by atoms with Crippen LogP contribution in [-0.4, -0.2) is 29.1 Å². The van der Waals surface area contributed by atoms with Gasteiger partial charge in [-0.05, 0) is 43.9 Å². The Morgan fingerprint density at radius 3 is 1.86 bits per heavy atom. The van der Waals surface area contributed by atoms with E-state index in [0.717, 1.165) is 25.7 Å². The van der Waals surface area contributed by atoms with Gasteiger partial charge in [0.15, 0.2) is 0 Å². The van der Waals surface area contributed by atoms with E-state index in [9.17, 15) is 19.5 Å². The van der Waals surface area contributed by atoms with Crippen LogP contribution in [0, 0.1) is 23.2 Å². The third-order valence-corrected chi connectivity index (χ3v) is 9.28. The van der Waals surface area contributed by atoms with Crippen molar-refractivity contribution in [3.63, 3.8) is 0 Å². The number of hydrogen-bond acceptors (Lipinski definition) is 4. The average Bonchev–Trinajstić information content (AvgIpc) is 3.32. The van der Waals surface area contributed by atoms with E-state index in [1.165, 1.54) is 83.5 Å². The van der Waals surface area contributed by atoms with Crippen LogP contribution < -0.4 is 5.73 Å². The molecule has 0 bridgehead atoms. The molecule has 2 rings (SSSR count). The van der Waals surface area contributed by atoms with Crippen LogP contribution in [0.1, 0.15) is 149 Å². The highest BCUT2D eigenvalue weighted by molar-refractivity contribution is 6.01.